The number of hydrogen-bond donors (Lipinski definition) is 0. The molecule has 1 aliphatic rings. The molecule has 0 N–H and O–H groups in total. The van der Waals surface area contributed by atoms with Gasteiger partial charge >= 0.3 is 0 Å². The molecule has 0 aliphatic carbocycles. The van der Waals surface area contributed by atoms with Gasteiger partial charge < -0.3 is 9.47 Å². The van der Waals surface area contributed by atoms with Crippen molar-refractivity contribution in [3.8, 4) is 5.75 Å². The lowest BCUT2D eigenvalue weighted by atomic mass is 10.1. The molecule has 1 heterocycles. The molecule has 122 valence electrons. The molecule has 0 bridgehead atoms. The van der Waals surface area contributed by atoms with Gasteiger partial charge in [0, 0.05) is 27.5 Å². The van der Waals surface area contributed by atoms with Gasteiger partial charge in [0.15, 0.2) is 6.79 Å². The van der Waals surface area contributed by atoms with Crippen molar-refractivity contribution in [1.29, 1.82) is 0 Å². The van der Waals surface area contributed by atoms with E-state index >= 15 is 0 Å². The minimum atomic E-state index is -1.41. The Bertz CT molecular complexity index is 749. The lowest BCUT2D eigenvalue weighted by molar-refractivity contribution is -0.0171. The van der Waals surface area contributed by atoms with Crippen LogP contribution in [0.15, 0.2) is 36.4 Å². The molecule has 2 aromatic carbocycles. The highest BCUT2D eigenvalue weighted by atomic mass is 32.2. The van der Waals surface area contributed by atoms with Gasteiger partial charge in [-0.2, -0.15) is 0 Å². The second-order valence-electron chi connectivity index (χ2n) is 5.35. The Labute approximate surface area is 135 Å². The maximum atomic E-state index is 13.8. The van der Waals surface area contributed by atoms with Crippen molar-refractivity contribution < 1.29 is 22.5 Å². The molecule has 0 fully saturated rings. The summed E-state index contributed by atoms with van der Waals surface area (Å²) >= 11 is 0. The number of halogens is 2. The Balaban J connectivity index is 1.86. The first kappa shape index (κ1) is 16.1. The van der Waals surface area contributed by atoms with E-state index in [2.05, 4.69) is 0 Å². The SMILES string of the molecule is C[C@@H](c1ccccc1F)[S@@](=O)Cc1cc(F)cc2c1OCOC2. The number of benzene rings is 2. The third-order valence-electron chi connectivity index (χ3n) is 3.79. The molecule has 0 radical (unpaired) electrons. The summed E-state index contributed by atoms with van der Waals surface area (Å²) in [6.45, 7) is 2.04. The summed E-state index contributed by atoms with van der Waals surface area (Å²) in [5.74, 6) is -0.204. The summed E-state index contributed by atoms with van der Waals surface area (Å²) in [7, 11) is -1.41. The largest absolute Gasteiger partial charge is 0.467 e. The molecule has 23 heavy (non-hydrogen) atoms. The van der Waals surface area contributed by atoms with Crippen molar-refractivity contribution in [3.63, 3.8) is 0 Å². The van der Waals surface area contributed by atoms with Crippen LogP contribution in [0.25, 0.3) is 0 Å². The van der Waals surface area contributed by atoms with Gasteiger partial charge in [0.05, 0.1) is 17.6 Å². The monoisotopic (exact) mass is 338 g/mol. The van der Waals surface area contributed by atoms with E-state index in [-0.39, 0.29) is 25.0 Å². The molecule has 3 rings (SSSR count). The zero-order chi connectivity index (χ0) is 16.4. The molecular formula is C17H16F2O3S. The fourth-order valence-corrected chi connectivity index (χ4v) is 3.83. The molecule has 0 aromatic heterocycles. The number of rotatable bonds is 4. The van der Waals surface area contributed by atoms with Crippen molar-refractivity contribution >= 4 is 10.8 Å². The predicted molar refractivity (Wildman–Crippen MR) is 83.3 cm³/mol. The maximum Gasteiger partial charge on any atom is 0.189 e. The first-order valence-corrected chi connectivity index (χ1v) is 8.58. The quantitative estimate of drug-likeness (QED) is 0.850. The van der Waals surface area contributed by atoms with Gasteiger partial charge in [-0.05, 0) is 25.1 Å². The third kappa shape index (κ3) is 3.43. The summed E-state index contributed by atoms with van der Waals surface area (Å²) in [5.41, 5.74) is 1.51. The van der Waals surface area contributed by atoms with Crippen molar-refractivity contribution in [2.75, 3.05) is 6.79 Å². The van der Waals surface area contributed by atoms with Crippen LogP contribution < -0.4 is 4.74 Å². The molecule has 0 unspecified atom stereocenters. The lowest BCUT2D eigenvalue weighted by Gasteiger charge is -2.21. The Hall–Kier alpha value is -1.79. The van der Waals surface area contributed by atoms with Crippen LogP contribution in [-0.4, -0.2) is 11.0 Å². The van der Waals surface area contributed by atoms with Gasteiger partial charge in [0.1, 0.15) is 17.4 Å². The topological polar surface area (TPSA) is 35.5 Å². The summed E-state index contributed by atoms with van der Waals surface area (Å²) < 4.78 is 50.7. The Morgan fingerprint density at radius 2 is 2.04 bits per heavy atom. The van der Waals surface area contributed by atoms with Crippen LogP contribution in [0.5, 0.6) is 5.75 Å². The van der Waals surface area contributed by atoms with E-state index in [9.17, 15) is 13.0 Å². The highest BCUT2D eigenvalue weighted by Crippen LogP contribution is 2.32. The summed E-state index contributed by atoms with van der Waals surface area (Å²) in [5, 5.41) is -0.505. The van der Waals surface area contributed by atoms with Crippen molar-refractivity contribution in [2.45, 2.75) is 24.5 Å². The lowest BCUT2D eigenvalue weighted by Crippen LogP contribution is -2.15. The van der Waals surface area contributed by atoms with E-state index in [0.29, 0.717) is 22.4 Å². The number of hydrogen-bond acceptors (Lipinski definition) is 3. The first-order chi connectivity index (χ1) is 11.1. The molecule has 2 atom stereocenters. The van der Waals surface area contributed by atoms with Crippen molar-refractivity contribution in [1.82, 2.24) is 0 Å². The number of fused-ring (bicyclic) bond motifs is 1. The Morgan fingerprint density at radius 3 is 2.83 bits per heavy atom. The molecule has 3 nitrogen and oxygen atoms in total. The minimum absolute atomic E-state index is 0.0845. The van der Waals surface area contributed by atoms with Crippen LogP contribution in [0.1, 0.15) is 28.9 Å². The molecule has 1 aliphatic heterocycles. The third-order valence-corrected chi connectivity index (χ3v) is 5.43. The molecular weight excluding hydrogens is 322 g/mol. The van der Waals surface area contributed by atoms with Gasteiger partial charge in [0.25, 0.3) is 0 Å². The second-order valence-corrected chi connectivity index (χ2v) is 7.11. The average Bonchev–Trinajstić information content (AvgIpc) is 2.54. The van der Waals surface area contributed by atoms with Gasteiger partial charge in [-0.15, -0.1) is 0 Å². The van der Waals surface area contributed by atoms with Crippen LogP contribution in [0.2, 0.25) is 0 Å². The molecule has 0 spiro atoms. The summed E-state index contributed by atoms with van der Waals surface area (Å²) in [6.07, 6.45) is 0. The van der Waals surface area contributed by atoms with E-state index in [1.165, 1.54) is 18.2 Å². The van der Waals surface area contributed by atoms with E-state index < -0.39 is 21.9 Å². The molecule has 0 saturated carbocycles. The van der Waals surface area contributed by atoms with Gasteiger partial charge in [0.2, 0.25) is 0 Å². The Morgan fingerprint density at radius 1 is 1.26 bits per heavy atom. The van der Waals surface area contributed by atoms with E-state index in [4.69, 9.17) is 9.47 Å². The van der Waals surface area contributed by atoms with E-state index in [1.807, 2.05) is 0 Å². The van der Waals surface area contributed by atoms with E-state index in [0.717, 1.165) is 0 Å². The predicted octanol–water partition coefficient (Wildman–Crippen LogP) is 3.84. The van der Waals surface area contributed by atoms with Crippen molar-refractivity contribution in [3.05, 3.63) is 64.7 Å². The molecule has 0 amide bonds. The summed E-state index contributed by atoms with van der Waals surface area (Å²) in [6, 6.07) is 8.91. The first-order valence-electron chi connectivity index (χ1n) is 7.19. The van der Waals surface area contributed by atoms with Crippen LogP contribution in [0.3, 0.4) is 0 Å². The standard InChI is InChI=1S/C17H16F2O3S/c1-11(15-4-2-3-5-16(15)19)23(20)9-13-7-14(18)6-12-8-21-10-22-17(12)13/h2-7,11H,8-10H2,1H3/t11-,23-/m0/s1. The Kier molecular flexibility index (Phi) is 4.73. The average molecular weight is 338 g/mol. The molecule has 6 heteroatoms. The minimum Gasteiger partial charge on any atom is -0.467 e. The van der Waals surface area contributed by atoms with Crippen LogP contribution in [0, 0.1) is 11.6 Å². The maximum absolute atomic E-state index is 13.8. The zero-order valence-electron chi connectivity index (χ0n) is 12.6. The zero-order valence-corrected chi connectivity index (χ0v) is 13.4. The van der Waals surface area contributed by atoms with Gasteiger partial charge in [-0.3, -0.25) is 4.21 Å². The summed E-state index contributed by atoms with van der Waals surface area (Å²) in [4.78, 5) is 0. The highest BCUT2D eigenvalue weighted by Gasteiger charge is 2.22. The molecule has 2 aromatic rings. The normalized spacial score (nSPS) is 16.3. The fraction of sp³-hybridized carbons (Fsp3) is 0.294. The van der Waals surface area contributed by atoms with Crippen LogP contribution in [-0.2, 0) is 27.9 Å². The van der Waals surface area contributed by atoms with Gasteiger partial charge in [-0.1, -0.05) is 18.2 Å². The number of ether oxygens (including phenoxy) is 2. The van der Waals surface area contributed by atoms with Crippen molar-refractivity contribution in [2.24, 2.45) is 0 Å². The second kappa shape index (κ2) is 6.76. The smallest absolute Gasteiger partial charge is 0.189 e. The van der Waals surface area contributed by atoms with Crippen LogP contribution >= 0.6 is 0 Å². The van der Waals surface area contributed by atoms with Gasteiger partial charge in [-0.25, -0.2) is 8.78 Å². The molecule has 0 saturated heterocycles. The highest BCUT2D eigenvalue weighted by molar-refractivity contribution is 7.84. The fourth-order valence-electron chi connectivity index (χ4n) is 2.59. The van der Waals surface area contributed by atoms with Crippen LogP contribution in [0.4, 0.5) is 8.78 Å². The van der Waals surface area contributed by atoms with E-state index in [1.54, 1.807) is 25.1 Å².